The summed E-state index contributed by atoms with van der Waals surface area (Å²) in [5.41, 5.74) is 6.55. The average molecular weight is 151 g/mol. The molecule has 0 aliphatic carbocycles. The lowest BCUT2D eigenvalue weighted by molar-refractivity contribution is 0.502. The monoisotopic (exact) mass is 151 g/mol. The van der Waals surface area contributed by atoms with Crippen LogP contribution in [0.5, 0.6) is 0 Å². The summed E-state index contributed by atoms with van der Waals surface area (Å²) < 4.78 is 5.39. The van der Waals surface area contributed by atoms with Crippen LogP contribution in [0, 0.1) is 6.92 Å². The third kappa shape index (κ3) is 1.71. The van der Waals surface area contributed by atoms with Crippen molar-refractivity contribution in [2.75, 3.05) is 0 Å². The summed E-state index contributed by atoms with van der Waals surface area (Å²) in [4.78, 5) is 0. The molecule has 60 valence electrons. The topological polar surface area (TPSA) is 39.2 Å². The molecule has 1 rings (SSSR count). The van der Waals surface area contributed by atoms with Gasteiger partial charge in [0.1, 0.15) is 11.5 Å². The molecule has 2 N–H and O–H groups in total. The molecule has 0 aliphatic heterocycles. The van der Waals surface area contributed by atoms with E-state index in [1.54, 1.807) is 0 Å². The van der Waals surface area contributed by atoms with Crippen molar-refractivity contribution < 1.29 is 4.42 Å². The quantitative estimate of drug-likeness (QED) is 0.702. The van der Waals surface area contributed by atoms with Gasteiger partial charge in [-0.2, -0.15) is 0 Å². The summed E-state index contributed by atoms with van der Waals surface area (Å²) in [6, 6.07) is 1.97. The summed E-state index contributed by atoms with van der Waals surface area (Å²) in [7, 11) is 0. The fourth-order valence-electron chi connectivity index (χ4n) is 0.981. The van der Waals surface area contributed by atoms with Gasteiger partial charge in [-0.1, -0.05) is 6.08 Å². The summed E-state index contributed by atoms with van der Waals surface area (Å²) in [6.45, 7) is 4.44. The predicted molar refractivity (Wildman–Crippen MR) is 46.0 cm³/mol. The summed E-state index contributed by atoms with van der Waals surface area (Å²) in [5.74, 6) is 1.75. The minimum Gasteiger partial charge on any atom is -0.460 e. The van der Waals surface area contributed by atoms with E-state index >= 15 is 0 Å². The van der Waals surface area contributed by atoms with Gasteiger partial charge < -0.3 is 10.2 Å². The Morgan fingerprint density at radius 1 is 1.64 bits per heavy atom. The van der Waals surface area contributed by atoms with Crippen LogP contribution in [0.4, 0.5) is 0 Å². The van der Waals surface area contributed by atoms with Crippen LogP contribution in [0.25, 0.3) is 6.08 Å². The lowest BCUT2D eigenvalue weighted by Gasteiger charge is -1.86. The highest BCUT2D eigenvalue weighted by molar-refractivity contribution is 5.47. The SMILES string of the molecule is C/C=C\c1oc(CN)cc1C. The van der Waals surface area contributed by atoms with E-state index in [2.05, 4.69) is 0 Å². The van der Waals surface area contributed by atoms with E-state index in [-0.39, 0.29) is 0 Å². The van der Waals surface area contributed by atoms with Crippen LogP contribution in [0.3, 0.4) is 0 Å². The third-order valence-corrected chi connectivity index (χ3v) is 1.53. The molecule has 0 fully saturated rings. The largest absolute Gasteiger partial charge is 0.460 e. The van der Waals surface area contributed by atoms with E-state index in [0.717, 1.165) is 17.1 Å². The number of hydrogen-bond acceptors (Lipinski definition) is 2. The van der Waals surface area contributed by atoms with Crippen LogP contribution in [0.2, 0.25) is 0 Å². The number of nitrogens with two attached hydrogens (primary N) is 1. The second-order valence-electron chi connectivity index (χ2n) is 2.46. The van der Waals surface area contributed by atoms with Gasteiger partial charge in [-0.3, -0.25) is 0 Å². The van der Waals surface area contributed by atoms with Crippen molar-refractivity contribution in [3.05, 3.63) is 29.2 Å². The van der Waals surface area contributed by atoms with Gasteiger partial charge in [-0.25, -0.2) is 0 Å². The van der Waals surface area contributed by atoms with Crippen molar-refractivity contribution in [3.8, 4) is 0 Å². The molecule has 1 aromatic heterocycles. The predicted octanol–water partition coefficient (Wildman–Crippen LogP) is 2.08. The molecular weight excluding hydrogens is 138 g/mol. The van der Waals surface area contributed by atoms with Crippen LogP contribution >= 0.6 is 0 Å². The molecule has 1 aromatic rings. The van der Waals surface area contributed by atoms with E-state index in [4.69, 9.17) is 10.2 Å². The van der Waals surface area contributed by atoms with E-state index in [0.29, 0.717) is 6.54 Å². The zero-order chi connectivity index (χ0) is 8.27. The van der Waals surface area contributed by atoms with Crippen molar-refractivity contribution in [3.63, 3.8) is 0 Å². The first-order valence-corrected chi connectivity index (χ1v) is 3.70. The van der Waals surface area contributed by atoms with Crippen LogP contribution in [-0.2, 0) is 6.54 Å². The highest BCUT2D eigenvalue weighted by Gasteiger charge is 2.01. The second kappa shape index (κ2) is 3.39. The zero-order valence-electron chi connectivity index (χ0n) is 6.92. The Hall–Kier alpha value is -1.02. The lowest BCUT2D eigenvalue weighted by atomic mass is 10.2. The molecule has 2 nitrogen and oxygen atoms in total. The summed E-state index contributed by atoms with van der Waals surface area (Å²) in [5, 5.41) is 0. The van der Waals surface area contributed by atoms with Crippen molar-refractivity contribution >= 4 is 6.08 Å². The number of aryl methyl sites for hydroxylation is 1. The first kappa shape index (κ1) is 8.08. The molecule has 0 amide bonds. The van der Waals surface area contributed by atoms with Gasteiger partial charge in [0.05, 0.1) is 6.54 Å². The van der Waals surface area contributed by atoms with Crippen molar-refractivity contribution in [1.82, 2.24) is 0 Å². The van der Waals surface area contributed by atoms with Gasteiger partial charge >= 0.3 is 0 Å². The van der Waals surface area contributed by atoms with E-state index in [1.807, 2.05) is 32.1 Å². The highest BCUT2D eigenvalue weighted by Crippen LogP contribution is 2.15. The fraction of sp³-hybridized carbons (Fsp3) is 0.333. The maximum Gasteiger partial charge on any atom is 0.129 e. The fourth-order valence-corrected chi connectivity index (χ4v) is 0.981. The van der Waals surface area contributed by atoms with Crippen LogP contribution < -0.4 is 5.73 Å². The van der Waals surface area contributed by atoms with Crippen molar-refractivity contribution in [2.24, 2.45) is 5.73 Å². The number of furan rings is 1. The van der Waals surface area contributed by atoms with E-state index in [9.17, 15) is 0 Å². The van der Waals surface area contributed by atoms with Gasteiger partial charge in [0.25, 0.3) is 0 Å². The average Bonchev–Trinajstić information content (AvgIpc) is 2.33. The molecule has 0 saturated heterocycles. The molecule has 0 aliphatic rings. The molecule has 0 aromatic carbocycles. The standard InChI is InChI=1S/C9H13NO/c1-3-4-9-7(2)5-8(6-10)11-9/h3-5H,6,10H2,1-2H3/b4-3-. The van der Waals surface area contributed by atoms with Crippen molar-refractivity contribution in [2.45, 2.75) is 20.4 Å². The third-order valence-electron chi connectivity index (χ3n) is 1.53. The molecule has 11 heavy (non-hydrogen) atoms. The van der Waals surface area contributed by atoms with E-state index < -0.39 is 0 Å². The van der Waals surface area contributed by atoms with E-state index in [1.165, 1.54) is 0 Å². The molecule has 0 saturated carbocycles. The Kier molecular flexibility index (Phi) is 2.49. The maximum absolute atomic E-state index is 5.41. The van der Waals surface area contributed by atoms with Crippen LogP contribution in [0.15, 0.2) is 16.6 Å². The van der Waals surface area contributed by atoms with Crippen LogP contribution in [0.1, 0.15) is 24.0 Å². The van der Waals surface area contributed by atoms with Gasteiger partial charge in [0.2, 0.25) is 0 Å². The molecule has 0 radical (unpaired) electrons. The molecule has 0 spiro atoms. The Labute approximate surface area is 66.7 Å². The Bertz CT molecular complexity index is 261. The van der Waals surface area contributed by atoms with Gasteiger partial charge in [0, 0.05) is 0 Å². The Morgan fingerprint density at radius 3 is 2.82 bits per heavy atom. The number of allylic oxidation sites excluding steroid dienone is 1. The van der Waals surface area contributed by atoms with Gasteiger partial charge in [-0.15, -0.1) is 0 Å². The first-order valence-electron chi connectivity index (χ1n) is 3.70. The Balaban J connectivity index is 2.97. The smallest absolute Gasteiger partial charge is 0.129 e. The first-order chi connectivity index (χ1) is 5.27. The van der Waals surface area contributed by atoms with Crippen molar-refractivity contribution in [1.29, 1.82) is 0 Å². The minimum atomic E-state index is 0.471. The number of rotatable bonds is 2. The molecule has 0 unspecified atom stereocenters. The van der Waals surface area contributed by atoms with Gasteiger partial charge in [0.15, 0.2) is 0 Å². The minimum absolute atomic E-state index is 0.471. The highest BCUT2D eigenvalue weighted by atomic mass is 16.3. The summed E-state index contributed by atoms with van der Waals surface area (Å²) in [6.07, 6.45) is 3.89. The molecular formula is C9H13NO. The zero-order valence-corrected chi connectivity index (χ0v) is 6.92. The van der Waals surface area contributed by atoms with Gasteiger partial charge in [-0.05, 0) is 31.6 Å². The normalized spacial score (nSPS) is 11.2. The molecule has 0 atom stereocenters. The second-order valence-corrected chi connectivity index (χ2v) is 2.46. The molecule has 0 bridgehead atoms. The Morgan fingerprint density at radius 2 is 2.36 bits per heavy atom. The molecule has 1 heterocycles. The molecule has 2 heteroatoms. The van der Waals surface area contributed by atoms with Crippen LogP contribution in [-0.4, -0.2) is 0 Å². The maximum atomic E-state index is 5.41. The number of hydrogen-bond donors (Lipinski definition) is 1. The lowest BCUT2D eigenvalue weighted by Crippen LogP contribution is -1.92. The summed E-state index contributed by atoms with van der Waals surface area (Å²) >= 11 is 0.